The topological polar surface area (TPSA) is 20.2 Å². The molecule has 0 aliphatic heterocycles. The Bertz CT molecular complexity index is 63.3. The van der Waals surface area contributed by atoms with E-state index >= 15 is 0 Å². The van der Waals surface area contributed by atoms with Gasteiger partial charge in [-0.2, -0.15) is 0 Å². The van der Waals surface area contributed by atoms with Gasteiger partial charge in [0, 0.05) is 32.5 Å². The van der Waals surface area contributed by atoms with Crippen LogP contribution in [0.25, 0.3) is 0 Å². The minimum atomic E-state index is -1.19. The smallest absolute Gasteiger partial charge is 0.190 e. The number of alkyl halides is 3. The second-order valence-electron chi connectivity index (χ2n) is 1.44. The summed E-state index contributed by atoms with van der Waals surface area (Å²) >= 11 is 16.0. The van der Waals surface area contributed by atoms with Gasteiger partial charge in [0.25, 0.3) is 0 Å². The van der Waals surface area contributed by atoms with Crippen molar-refractivity contribution in [1.29, 1.82) is 0 Å². The molecule has 0 unspecified atom stereocenters. The van der Waals surface area contributed by atoms with Gasteiger partial charge < -0.3 is 5.11 Å². The van der Waals surface area contributed by atoms with Crippen molar-refractivity contribution in [2.24, 2.45) is 0 Å². The minimum absolute atomic E-state index is 0. The van der Waals surface area contributed by atoms with Crippen molar-refractivity contribution in [1.82, 2.24) is 0 Å². The molecule has 0 bridgehead atoms. The first-order chi connectivity index (χ1) is 3.56. The number of hydrogen-bond acceptors (Lipinski definition) is 1. The van der Waals surface area contributed by atoms with Crippen LogP contribution in [0.3, 0.4) is 0 Å². The molecule has 0 spiro atoms. The summed E-state index contributed by atoms with van der Waals surface area (Å²) in [5.74, 6) is 0. The van der Waals surface area contributed by atoms with Gasteiger partial charge in [-0.3, -0.25) is 0 Å². The van der Waals surface area contributed by atoms with E-state index in [2.05, 4.69) is 0 Å². The second-order valence-corrected chi connectivity index (χ2v) is 3.96. The van der Waals surface area contributed by atoms with Crippen LogP contribution in [0.15, 0.2) is 0 Å². The molecule has 0 saturated heterocycles. The zero-order valence-corrected chi connectivity index (χ0v) is 10.6. The van der Waals surface area contributed by atoms with Crippen molar-refractivity contribution in [2.75, 3.05) is 6.61 Å². The molecule has 0 aliphatic carbocycles. The summed E-state index contributed by atoms with van der Waals surface area (Å²) in [6, 6.07) is 0. The Balaban J connectivity index is 0. The van der Waals surface area contributed by atoms with Gasteiger partial charge >= 0.3 is 0 Å². The van der Waals surface area contributed by atoms with E-state index in [-0.39, 0.29) is 32.5 Å². The molecular formula is C4H7Cl3HfO. The van der Waals surface area contributed by atoms with Gasteiger partial charge in [-0.15, -0.1) is 0 Å². The van der Waals surface area contributed by atoms with Crippen LogP contribution in [0.5, 0.6) is 0 Å². The Morgan fingerprint density at radius 3 is 1.78 bits per heavy atom. The van der Waals surface area contributed by atoms with E-state index in [1.54, 1.807) is 0 Å². The Morgan fingerprint density at radius 1 is 1.22 bits per heavy atom. The van der Waals surface area contributed by atoms with Crippen LogP contribution >= 0.6 is 34.8 Å². The first kappa shape index (κ1) is 13.3. The Hall–Kier alpha value is 1.70. The summed E-state index contributed by atoms with van der Waals surface area (Å²) in [7, 11) is 0. The summed E-state index contributed by atoms with van der Waals surface area (Å²) in [4.78, 5) is 0. The normalized spacial score (nSPS) is 10.7. The number of aliphatic hydroxyl groups is 1. The van der Waals surface area contributed by atoms with E-state index in [1.807, 2.05) is 0 Å². The van der Waals surface area contributed by atoms with Crippen LogP contribution < -0.4 is 0 Å². The van der Waals surface area contributed by atoms with E-state index in [0.717, 1.165) is 0 Å². The molecule has 5 heteroatoms. The van der Waals surface area contributed by atoms with Crippen LogP contribution in [0.2, 0.25) is 0 Å². The molecule has 0 heterocycles. The fourth-order valence-corrected chi connectivity index (χ4v) is 0.680. The van der Waals surface area contributed by atoms with Gasteiger partial charge in [0.1, 0.15) is 0 Å². The molecular weight excluding hydrogens is 349 g/mol. The number of rotatable bonds is 2. The van der Waals surface area contributed by atoms with Gasteiger partial charge in [0.2, 0.25) is 0 Å². The van der Waals surface area contributed by atoms with Gasteiger partial charge in [0.15, 0.2) is 3.79 Å². The molecule has 0 aromatic heterocycles. The molecule has 0 saturated carbocycles. The molecule has 0 aromatic rings. The van der Waals surface area contributed by atoms with Gasteiger partial charge in [-0.25, -0.2) is 0 Å². The molecule has 0 fully saturated rings. The van der Waals surface area contributed by atoms with Crippen LogP contribution in [0.1, 0.15) is 12.8 Å². The van der Waals surface area contributed by atoms with Crippen molar-refractivity contribution in [2.45, 2.75) is 16.6 Å². The van der Waals surface area contributed by atoms with Crippen LogP contribution in [0, 0.1) is 0 Å². The zero-order chi connectivity index (χ0) is 6.62. The Labute approximate surface area is 88.4 Å². The van der Waals surface area contributed by atoms with Gasteiger partial charge in [-0.1, -0.05) is 34.8 Å². The molecule has 0 aromatic carbocycles. The maximum Gasteiger partial charge on any atom is 0.190 e. The van der Waals surface area contributed by atoms with Gasteiger partial charge in [-0.05, 0) is 12.8 Å². The summed E-state index contributed by atoms with van der Waals surface area (Å²) in [6.07, 6.45) is 0.949. The average Bonchev–Trinajstić information content (AvgIpc) is 1.59. The predicted octanol–water partition coefficient (Wildman–Crippen LogP) is 2.13. The number of halogens is 3. The van der Waals surface area contributed by atoms with Crippen LogP contribution in [-0.2, 0) is 25.8 Å². The largest absolute Gasteiger partial charge is 0.396 e. The van der Waals surface area contributed by atoms with Crippen molar-refractivity contribution in [3.8, 4) is 0 Å². The molecule has 0 radical (unpaired) electrons. The van der Waals surface area contributed by atoms with E-state index in [0.29, 0.717) is 12.8 Å². The van der Waals surface area contributed by atoms with E-state index in [4.69, 9.17) is 39.9 Å². The third kappa shape index (κ3) is 12.8. The fourth-order valence-electron chi connectivity index (χ4n) is 0.280. The molecule has 9 heavy (non-hydrogen) atoms. The Kier molecular flexibility index (Phi) is 9.48. The SMILES string of the molecule is OCCCC(Cl)(Cl)Cl.[Hf]. The standard InChI is InChI=1S/C4H7Cl3O.Hf/c5-4(6,7)2-1-3-8;/h8H,1-3H2;. The summed E-state index contributed by atoms with van der Waals surface area (Å²) < 4.78 is -1.19. The summed E-state index contributed by atoms with van der Waals surface area (Å²) in [6.45, 7) is 0.0773. The minimum Gasteiger partial charge on any atom is -0.396 e. The van der Waals surface area contributed by atoms with Crippen LogP contribution in [0.4, 0.5) is 0 Å². The van der Waals surface area contributed by atoms with Crippen molar-refractivity contribution in [3.05, 3.63) is 0 Å². The number of aliphatic hydroxyl groups excluding tert-OH is 1. The third-order valence-corrected chi connectivity index (χ3v) is 1.19. The van der Waals surface area contributed by atoms with E-state index < -0.39 is 3.79 Å². The molecule has 0 rings (SSSR count). The summed E-state index contributed by atoms with van der Waals surface area (Å²) in [5.41, 5.74) is 0. The first-order valence-electron chi connectivity index (χ1n) is 2.24. The second kappa shape index (κ2) is 6.41. The monoisotopic (exact) mass is 356 g/mol. The molecule has 0 atom stereocenters. The number of hydrogen-bond donors (Lipinski definition) is 1. The van der Waals surface area contributed by atoms with E-state index in [9.17, 15) is 0 Å². The maximum atomic E-state index is 8.25. The van der Waals surface area contributed by atoms with E-state index in [1.165, 1.54) is 0 Å². The summed E-state index contributed by atoms with van der Waals surface area (Å²) in [5, 5.41) is 8.25. The predicted molar refractivity (Wildman–Crippen MR) is 36.6 cm³/mol. The molecule has 1 N–H and O–H groups in total. The fraction of sp³-hybridized carbons (Fsp3) is 1.00. The molecule has 0 aliphatic rings. The van der Waals surface area contributed by atoms with Crippen LogP contribution in [-0.4, -0.2) is 15.5 Å². The van der Waals surface area contributed by atoms with Crippen molar-refractivity contribution in [3.63, 3.8) is 0 Å². The molecule has 1 nitrogen and oxygen atoms in total. The zero-order valence-electron chi connectivity index (χ0n) is 4.70. The third-order valence-electron chi connectivity index (χ3n) is 0.618. The van der Waals surface area contributed by atoms with Crippen molar-refractivity contribution >= 4 is 34.8 Å². The Morgan fingerprint density at radius 2 is 1.67 bits per heavy atom. The first-order valence-corrected chi connectivity index (χ1v) is 3.37. The molecule has 0 amide bonds. The maximum absolute atomic E-state index is 8.25. The quantitative estimate of drug-likeness (QED) is 0.594. The van der Waals surface area contributed by atoms with Crippen molar-refractivity contribution < 1.29 is 30.9 Å². The van der Waals surface area contributed by atoms with Gasteiger partial charge in [0.05, 0.1) is 0 Å². The average molecular weight is 356 g/mol. The molecule has 54 valence electrons.